The summed E-state index contributed by atoms with van der Waals surface area (Å²) in [6.45, 7) is 8.62. The Labute approximate surface area is 293 Å². The third kappa shape index (κ3) is 4.37. The monoisotopic (exact) mass is 660 g/mol. The number of benzene rings is 4. The Bertz CT molecular complexity index is 3020. The third-order valence-corrected chi connectivity index (χ3v) is 10.3. The third-order valence-electron chi connectivity index (χ3n) is 10.3. The molecule has 0 aliphatic carbocycles. The van der Waals surface area contributed by atoms with Crippen molar-refractivity contribution in [3.05, 3.63) is 144 Å². The van der Waals surface area contributed by atoms with Gasteiger partial charge in [0.2, 0.25) is 0 Å². The van der Waals surface area contributed by atoms with E-state index < -0.39 is 0 Å². The number of aromatic nitrogens is 6. The smallest absolute Gasteiger partial charge is 0.147 e. The van der Waals surface area contributed by atoms with Gasteiger partial charge in [-0.3, -0.25) is 13.8 Å². The summed E-state index contributed by atoms with van der Waals surface area (Å²) in [5.74, 6) is 1.45. The van der Waals surface area contributed by atoms with Crippen LogP contribution in [-0.4, -0.2) is 28.7 Å². The lowest BCUT2D eigenvalue weighted by Gasteiger charge is -2.16. The molecule has 0 atom stereocenters. The predicted molar refractivity (Wildman–Crippen MR) is 206 cm³/mol. The van der Waals surface area contributed by atoms with E-state index in [2.05, 4.69) is 114 Å². The molecule has 0 spiro atoms. The molecule has 0 N–H and O–H groups in total. The van der Waals surface area contributed by atoms with Crippen LogP contribution in [0.2, 0.25) is 0 Å². The molecule has 7 nitrogen and oxygen atoms in total. The normalized spacial score (nSPS) is 11.9. The summed E-state index contributed by atoms with van der Waals surface area (Å²) in [6.07, 6.45) is 9.53. The first-order valence-corrected chi connectivity index (χ1v) is 17.1. The molecular weight excluding hydrogens is 629 g/mol. The zero-order chi connectivity index (χ0) is 34.4. The summed E-state index contributed by atoms with van der Waals surface area (Å²) < 4.78 is 11.0. The van der Waals surface area contributed by atoms with Gasteiger partial charge in [0.25, 0.3) is 0 Å². The van der Waals surface area contributed by atoms with Crippen molar-refractivity contribution in [3.8, 4) is 34.0 Å². The second-order valence-corrected chi connectivity index (χ2v) is 13.4. The second-order valence-electron chi connectivity index (χ2n) is 13.4. The quantitative estimate of drug-likeness (QED) is 0.176. The Kier molecular flexibility index (Phi) is 6.30. The number of rotatable bonds is 4. The maximum Gasteiger partial charge on any atom is 0.147 e. The summed E-state index contributed by atoms with van der Waals surface area (Å²) in [6, 6.07) is 31.7. The highest BCUT2D eigenvalue weighted by atomic mass is 16.5. The van der Waals surface area contributed by atoms with Crippen molar-refractivity contribution in [2.45, 2.75) is 27.7 Å². The first kappa shape index (κ1) is 29.3. The van der Waals surface area contributed by atoms with Gasteiger partial charge in [-0.25, -0.2) is 15.0 Å². The number of pyridine rings is 4. The molecule has 10 aromatic rings. The average Bonchev–Trinajstić information content (AvgIpc) is 3.81. The first-order chi connectivity index (χ1) is 24.9. The van der Waals surface area contributed by atoms with E-state index in [4.69, 9.17) is 19.7 Å². The van der Waals surface area contributed by atoms with Crippen LogP contribution in [0, 0.1) is 27.7 Å². The van der Waals surface area contributed by atoms with Crippen LogP contribution in [0.3, 0.4) is 0 Å². The fourth-order valence-corrected chi connectivity index (χ4v) is 7.99. The summed E-state index contributed by atoms with van der Waals surface area (Å²) >= 11 is 0. The van der Waals surface area contributed by atoms with Crippen molar-refractivity contribution >= 4 is 54.8 Å². The fourth-order valence-electron chi connectivity index (χ4n) is 7.99. The lowest BCUT2D eigenvalue weighted by Crippen LogP contribution is -2.00. The molecule has 0 bridgehead atoms. The van der Waals surface area contributed by atoms with Crippen molar-refractivity contribution < 1.29 is 4.74 Å². The van der Waals surface area contributed by atoms with E-state index in [1.165, 1.54) is 27.8 Å². The average molecular weight is 661 g/mol. The van der Waals surface area contributed by atoms with Gasteiger partial charge in [-0.1, -0.05) is 36.4 Å². The second kappa shape index (κ2) is 11.0. The highest BCUT2D eigenvalue weighted by Gasteiger charge is 2.20. The van der Waals surface area contributed by atoms with Gasteiger partial charge in [-0.15, -0.1) is 0 Å². The lowest BCUT2D eigenvalue weighted by atomic mass is 9.98. The topological polar surface area (TPSA) is 69.6 Å². The van der Waals surface area contributed by atoms with Gasteiger partial charge >= 0.3 is 0 Å². The van der Waals surface area contributed by atoms with Crippen LogP contribution < -0.4 is 4.74 Å². The minimum atomic E-state index is 0.724. The minimum absolute atomic E-state index is 0.724. The molecule has 0 radical (unpaired) electrons. The van der Waals surface area contributed by atoms with E-state index in [1.54, 1.807) is 0 Å². The van der Waals surface area contributed by atoms with E-state index in [0.717, 1.165) is 83.2 Å². The Hall–Kier alpha value is -6.60. The Morgan fingerprint density at radius 2 is 1.18 bits per heavy atom. The van der Waals surface area contributed by atoms with Gasteiger partial charge < -0.3 is 4.74 Å². The molecule has 0 unspecified atom stereocenters. The largest absolute Gasteiger partial charge is 0.457 e. The molecule has 0 amide bonds. The van der Waals surface area contributed by atoms with Gasteiger partial charge in [0.05, 0.1) is 23.1 Å². The molecule has 51 heavy (non-hydrogen) atoms. The van der Waals surface area contributed by atoms with Gasteiger partial charge in [0.1, 0.15) is 28.4 Å². The molecule has 4 aromatic carbocycles. The van der Waals surface area contributed by atoms with Crippen LogP contribution in [0.5, 0.6) is 11.5 Å². The Balaban J connectivity index is 1.19. The number of hydrogen-bond donors (Lipinski definition) is 0. The van der Waals surface area contributed by atoms with Crippen LogP contribution in [0.1, 0.15) is 22.3 Å². The van der Waals surface area contributed by atoms with E-state index in [9.17, 15) is 0 Å². The standard InChI is InChI=1S/C44H32N6O/c1-25-7-5-8-26(2)40(25)37-16-15-33-31-13-11-30(22-35(31)43-47-24-39(50(43)44(33)48-37)41-27(3)9-6-10-28(41)4)51-29-12-14-32-34(21-29)42-46-19-20-49(42)38-17-18-45-23-36(32)38/h5-24H,1-4H3. The highest BCUT2D eigenvalue weighted by Crippen LogP contribution is 2.39. The first-order valence-electron chi connectivity index (χ1n) is 17.1. The van der Waals surface area contributed by atoms with Crippen LogP contribution in [0.4, 0.5) is 0 Å². The Morgan fingerprint density at radius 3 is 1.90 bits per heavy atom. The maximum atomic E-state index is 6.62. The zero-order valence-electron chi connectivity index (χ0n) is 28.6. The summed E-state index contributed by atoms with van der Waals surface area (Å²) in [5, 5.41) is 6.27. The number of hydrogen-bond acceptors (Lipinski definition) is 5. The summed E-state index contributed by atoms with van der Waals surface area (Å²) in [4.78, 5) is 19.6. The maximum absolute atomic E-state index is 6.62. The van der Waals surface area contributed by atoms with Crippen molar-refractivity contribution in [3.63, 3.8) is 0 Å². The molecule has 7 heteroatoms. The van der Waals surface area contributed by atoms with E-state index in [1.807, 2.05) is 49.2 Å². The van der Waals surface area contributed by atoms with E-state index in [0.29, 0.717) is 0 Å². The Morgan fingerprint density at radius 1 is 0.529 bits per heavy atom. The highest BCUT2D eigenvalue weighted by molar-refractivity contribution is 6.13. The van der Waals surface area contributed by atoms with Crippen LogP contribution in [0.25, 0.3) is 77.3 Å². The van der Waals surface area contributed by atoms with E-state index in [-0.39, 0.29) is 0 Å². The zero-order valence-corrected chi connectivity index (χ0v) is 28.6. The van der Waals surface area contributed by atoms with Crippen molar-refractivity contribution in [1.82, 2.24) is 28.7 Å². The summed E-state index contributed by atoms with van der Waals surface area (Å²) in [7, 11) is 0. The van der Waals surface area contributed by atoms with Crippen LogP contribution >= 0.6 is 0 Å². The van der Waals surface area contributed by atoms with Gasteiger partial charge in [-0.2, -0.15) is 0 Å². The van der Waals surface area contributed by atoms with Crippen LogP contribution in [-0.2, 0) is 0 Å². The van der Waals surface area contributed by atoms with Crippen LogP contribution in [0.15, 0.2) is 122 Å². The van der Waals surface area contributed by atoms with Gasteiger partial charge in [-0.05, 0) is 115 Å². The predicted octanol–water partition coefficient (Wildman–Crippen LogP) is 10.7. The summed E-state index contributed by atoms with van der Waals surface area (Å²) in [5.41, 5.74) is 12.8. The molecule has 0 aliphatic rings. The SMILES string of the molecule is Cc1cccc(C)c1-c1ccc2c3ccc(Oc4ccc5c6cnccc6n6ccnc6c5c4)cc3c3ncc(-c4c(C)cccc4C)n3c2n1. The molecule has 10 rings (SSSR count). The molecule has 0 fully saturated rings. The van der Waals surface area contributed by atoms with Gasteiger partial charge in [0.15, 0.2) is 0 Å². The molecule has 244 valence electrons. The molecule has 0 saturated heterocycles. The van der Waals surface area contributed by atoms with Crippen molar-refractivity contribution in [2.75, 3.05) is 0 Å². The number of aryl methyl sites for hydroxylation is 4. The molecule has 6 heterocycles. The minimum Gasteiger partial charge on any atom is -0.457 e. The number of imidazole rings is 2. The number of nitrogens with zero attached hydrogens (tertiary/aromatic N) is 6. The number of ether oxygens (including phenoxy) is 1. The molecule has 6 aromatic heterocycles. The van der Waals surface area contributed by atoms with Crippen molar-refractivity contribution in [1.29, 1.82) is 0 Å². The molecule has 0 aliphatic heterocycles. The van der Waals surface area contributed by atoms with Gasteiger partial charge in [0, 0.05) is 57.5 Å². The lowest BCUT2D eigenvalue weighted by molar-refractivity contribution is 0.484. The van der Waals surface area contributed by atoms with Crippen molar-refractivity contribution in [2.24, 2.45) is 0 Å². The fraction of sp³-hybridized carbons (Fsp3) is 0.0909. The number of fused-ring (bicyclic) bond motifs is 12. The van der Waals surface area contributed by atoms with E-state index >= 15 is 0 Å². The molecule has 0 saturated carbocycles. The molecular formula is C44H32N6O.